The van der Waals surface area contributed by atoms with Crippen LogP contribution in [0.5, 0.6) is 0 Å². The minimum atomic E-state index is -0.145. The molecule has 1 heterocycles. The second kappa shape index (κ2) is 3.95. The lowest BCUT2D eigenvalue weighted by molar-refractivity contribution is -0.135. The van der Waals surface area contributed by atoms with Crippen LogP contribution in [0.15, 0.2) is 11.1 Å². The molecule has 0 bridgehead atoms. The van der Waals surface area contributed by atoms with E-state index in [1.54, 1.807) is 6.92 Å². The van der Waals surface area contributed by atoms with E-state index in [-0.39, 0.29) is 11.8 Å². The normalized spacial score (nSPS) is 17.6. The van der Waals surface area contributed by atoms with Crippen LogP contribution in [0.25, 0.3) is 0 Å². The van der Waals surface area contributed by atoms with Gasteiger partial charge in [0, 0.05) is 18.2 Å². The number of nitrogens with zero attached hydrogens (tertiary/aromatic N) is 1. The molecule has 0 N–H and O–H groups in total. The van der Waals surface area contributed by atoms with E-state index in [1.807, 2.05) is 0 Å². The first-order valence-corrected chi connectivity index (χ1v) is 4.97. The number of amides is 2. The summed E-state index contributed by atoms with van der Waals surface area (Å²) < 4.78 is 0. The Labute approximate surface area is 84.8 Å². The summed E-state index contributed by atoms with van der Waals surface area (Å²) in [6.07, 6.45) is 1.68. The van der Waals surface area contributed by atoms with Crippen molar-refractivity contribution < 1.29 is 9.59 Å². The van der Waals surface area contributed by atoms with Gasteiger partial charge >= 0.3 is 0 Å². The first-order valence-electron chi connectivity index (χ1n) is 4.97. The molecule has 0 aromatic carbocycles. The fraction of sp³-hybridized carbons (Fsp3) is 0.636. The maximum atomic E-state index is 11.6. The van der Waals surface area contributed by atoms with Gasteiger partial charge in [-0.3, -0.25) is 14.5 Å². The van der Waals surface area contributed by atoms with Gasteiger partial charge in [-0.25, -0.2) is 0 Å². The molecule has 0 saturated heterocycles. The monoisotopic (exact) mass is 195 g/mol. The predicted octanol–water partition coefficient (Wildman–Crippen LogP) is 1.74. The summed E-state index contributed by atoms with van der Waals surface area (Å²) in [6, 6.07) is 0. The highest BCUT2D eigenvalue weighted by atomic mass is 16.2. The second-order valence-corrected chi connectivity index (χ2v) is 4.21. The van der Waals surface area contributed by atoms with E-state index in [0.29, 0.717) is 17.1 Å². The first-order chi connectivity index (χ1) is 6.45. The van der Waals surface area contributed by atoms with E-state index < -0.39 is 0 Å². The summed E-state index contributed by atoms with van der Waals surface area (Å²) in [5.74, 6) is 0.297. The third kappa shape index (κ3) is 1.86. The maximum absolute atomic E-state index is 11.6. The van der Waals surface area contributed by atoms with Crippen LogP contribution in [0.3, 0.4) is 0 Å². The molecule has 0 aromatic rings. The molecule has 0 fully saturated rings. The Kier molecular flexibility index (Phi) is 3.09. The highest BCUT2D eigenvalue weighted by molar-refractivity contribution is 6.18. The Bertz CT molecular complexity index is 302. The van der Waals surface area contributed by atoms with E-state index in [4.69, 9.17) is 0 Å². The summed E-state index contributed by atoms with van der Waals surface area (Å²) >= 11 is 0. The lowest BCUT2D eigenvalue weighted by Crippen LogP contribution is -2.26. The molecule has 0 unspecified atom stereocenters. The van der Waals surface area contributed by atoms with Crippen LogP contribution in [0.1, 0.15) is 33.6 Å². The van der Waals surface area contributed by atoms with E-state index in [2.05, 4.69) is 13.8 Å². The number of hydrogen-bond acceptors (Lipinski definition) is 2. The minimum Gasteiger partial charge on any atom is -0.278 e. The molecular formula is C11H17NO2. The topological polar surface area (TPSA) is 37.4 Å². The molecule has 2 amide bonds. The minimum absolute atomic E-state index is 0.117. The SMILES string of the molecule is CC1=C(CCC(C)C)C(=O)N(C)C1=O. The molecule has 1 aliphatic heterocycles. The summed E-state index contributed by atoms with van der Waals surface area (Å²) in [5.41, 5.74) is 1.32. The second-order valence-electron chi connectivity index (χ2n) is 4.21. The summed E-state index contributed by atoms with van der Waals surface area (Å²) in [7, 11) is 1.54. The van der Waals surface area contributed by atoms with Crippen molar-refractivity contribution in [3.63, 3.8) is 0 Å². The number of rotatable bonds is 3. The van der Waals surface area contributed by atoms with Crippen molar-refractivity contribution in [1.82, 2.24) is 4.90 Å². The van der Waals surface area contributed by atoms with Gasteiger partial charge in [-0.1, -0.05) is 13.8 Å². The molecule has 0 spiro atoms. The molecule has 3 nitrogen and oxygen atoms in total. The van der Waals surface area contributed by atoms with Gasteiger partial charge in [-0.05, 0) is 25.7 Å². The summed E-state index contributed by atoms with van der Waals surface area (Å²) in [5, 5.41) is 0. The third-order valence-corrected chi connectivity index (χ3v) is 2.61. The highest BCUT2D eigenvalue weighted by Gasteiger charge is 2.32. The zero-order valence-electron chi connectivity index (χ0n) is 9.26. The average Bonchev–Trinajstić information content (AvgIpc) is 2.29. The highest BCUT2D eigenvalue weighted by Crippen LogP contribution is 2.24. The molecule has 78 valence electrons. The van der Waals surface area contributed by atoms with Crippen LogP contribution in [-0.4, -0.2) is 23.8 Å². The Morgan fingerprint density at radius 3 is 2.14 bits per heavy atom. The number of likely N-dealkylation sites (N-methyl/N-ethyl adjacent to an activating group) is 1. The van der Waals surface area contributed by atoms with Crippen molar-refractivity contribution in [2.24, 2.45) is 5.92 Å². The largest absolute Gasteiger partial charge is 0.278 e. The van der Waals surface area contributed by atoms with Crippen molar-refractivity contribution >= 4 is 11.8 Å². The van der Waals surface area contributed by atoms with E-state index in [1.165, 1.54) is 11.9 Å². The Hall–Kier alpha value is -1.12. The molecule has 14 heavy (non-hydrogen) atoms. The zero-order chi connectivity index (χ0) is 10.9. The van der Waals surface area contributed by atoms with E-state index in [0.717, 1.165) is 12.8 Å². The smallest absolute Gasteiger partial charge is 0.256 e. The van der Waals surface area contributed by atoms with Crippen molar-refractivity contribution in [3.8, 4) is 0 Å². The zero-order valence-corrected chi connectivity index (χ0v) is 9.26. The van der Waals surface area contributed by atoms with Crippen molar-refractivity contribution in [1.29, 1.82) is 0 Å². The lowest BCUT2D eigenvalue weighted by atomic mass is 10.0. The molecule has 0 radical (unpaired) electrons. The first kappa shape index (κ1) is 11.0. The molecular weight excluding hydrogens is 178 g/mol. The average molecular weight is 195 g/mol. The summed E-state index contributed by atoms with van der Waals surface area (Å²) in [6.45, 7) is 5.96. The van der Waals surface area contributed by atoms with Crippen molar-refractivity contribution in [2.75, 3.05) is 7.05 Å². The maximum Gasteiger partial charge on any atom is 0.256 e. The van der Waals surface area contributed by atoms with Crippen LogP contribution < -0.4 is 0 Å². The van der Waals surface area contributed by atoms with Gasteiger partial charge in [0.25, 0.3) is 11.8 Å². The Morgan fingerprint density at radius 1 is 1.21 bits per heavy atom. The standard InChI is InChI=1S/C11H17NO2/c1-7(2)5-6-9-8(3)10(13)12(4)11(9)14/h7H,5-6H2,1-4H3. The van der Waals surface area contributed by atoms with Gasteiger partial charge in [0.2, 0.25) is 0 Å². The van der Waals surface area contributed by atoms with Crippen LogP contribution in [0, 0.1) is 5.92 Å². The fourth-order valence-corrected chi connectivity index (χ4v) is 1.56. The van der Waals surface area contributed by atoms with Crippen molar-refractivity contribution in [2.45, 2.75) is 33.6 Å². The van der Waals surface area contributed by atoms with Gasteiger partial charge in [0.15, 0.2) is 0 Å². The molecule has 0 aliphatic carbocycles. The number of carbonyl (C=O) groups excluding carboxylic acids is 2. The Balaban J connectivity index is 2.77. The molecule has 0 saturated carbocycles. The number of carbonyl (C=O) groups is 2. The van der Waals surface area contributed by atoms with Crippen LogP contribution >= 0.6 is 0 Å². The van der Waals surface area contributed by atoms with Gasteiger partial charge < -0.3 is 0 Å². The molecule has 1 aliphatic rings. The van der Waals surface area contributed by atoms with Crippen LogP contribution in [0.2, 0.25) is 0 Å². The van der Waals surface area contributed by atoms with E-state index in [9.17, 15) is 9.59 Å². The van der Waals surface area contributed by atoms with Crippen LogP contribution in [-0.2, 0) is 9.59 Å². The molecule has 3 heteroatoms. The van der Waals surface area contributed by atoms with Gasteiger partial charge in [0.1, 0.15) is 0 Å². The van der Waals surface area contributed by atoms with E-state index >= 15 is 0 Å². The third-order valence-electron chi connectivity index (χ3n) is 2.61. The molecule has 0 aromatic heterocycles. The molecule has 1 rings (SSSR count). The number of imide groups is 1. The Morgan fingerprint density at radius 2 is 1.79 bits per heavy atom. The number of hydrogen-bond donors (Lipinski definition) is 0. The molecule has 0 atom stereocenters. The van der Waals surface area contributed by atoms with Gasteiger partial charge in [-0.2, -0.15) is 0 Å². The van der Waals surface area contributed by atoms with Crippen LogP contribution in [0.4, 0.5) is 0 Å². The quantitative estimate of drug-likeness (QED) is 0.643. The fourth-order valence-electron chi connectivity index (χ4n) is 1.56. The lowest BCUT2D eigenvalue weighted by Gasteiger charge is -2.07. The van der Waals surface area contributed by atoms with Crippen molar-refractivity contribution in [3.05, 3.63) is 11.1 Å². The summed E-state index contributed by atoms with van der Waals surface area (Å²) in [4.78, 5) is 24.2. The van der Waals surface area contributed by atoms with Gasteiger partial charge in [-0.15, -0.1) is 0 Å². The predicted molar refractivity (Wildman–Crippen MR) is 54.5 cm³/mol. The van der Waals surface area contributed by atoms with Gasteiger partial charge in [0.05, 0.1) is 0 Å².